The van der Waals surface area contributed by atoms with Crippen LogP contribution in [0.3, 0.4) is 0 Å². The quantitative estimate of drug-likeness (QED) is 0.649. The van der Waals surface area contributed by atoms with Gasteiger partial charge in [-0.2, -0.15) is 0 Å². The Hall–Kier alpha value is -2.38. The molecule has 7 heteroatoms. The summed E-state index contributed by atoms with van der Waals surface area (Å²) >= 11 is 1.33. The van der Waals surface area contributed by atoms with Gasteiger partial charge in [-0.25, -0.2) is 13.8 Å². The lowest BCUT2D eigenvalue weighted by Gasteiger charge is -2.21. The smallest absolute Gasteiger partial charge is 0.266 e. The molecule has 0 unspecified atom stereocenters. The molecule has 3 rings (SSSR count). The lowest BCUT2D eigenvalue weighted by atomic mass is 10.1. The maximum atomic E-state index is 14.1. The number of nitrogens with zero attached hydrogens (tertiary/aromatic N) is 3. The predicted molar refractivity (Wildman–Crippen MR) is 101 cm³/mol. The van der Waals surface area contributed by atoms with Crippen LogP contribution in [0.2, 0.25) is 0 Å². The Kier molecular flexibility index (Phi) is 5.58. The third-order valence-corrected chi connectivity index (χ3v) is 4.98. The zero-order valence-corrected chi connectivity index (χ0v) is 15.4. The van der Waals surface area contributed by atoms with Gasteiger partial charge in [-0.1, -0.05) is 29.5 Å². The standard InChI is InChI=1S/C19H19F2N3OS/c1-23(2)11-6-12-24(18(25)17-13(20)7-5-8-14(17)21)19-22-15-9-3-4-10-16(15)26-19/h3-5,7-10H,6,11-12H2,1-2H3. The summed E-state index contributed by atoms with van der Waals surface area (Å²) in [5, 5.41) is 0.442. The largest absolute Gasteiger partial charge is 0.309 e. The first-order chi connectivity index (χ1) is 12.5. The number of amides is 1. The SMILES string of the molecule is CN(C)CCCN(C(=O)c1c(F)cccc1F)c1nc2ccccc2s1. The molecule has 0 saturated heterocycles. The van der Waals surface area contributed by atoms with Gasteiger partial charge in [-0.05, 0) is 51.3 Å². The van der Waals surface area contributed by atoms with E-state index in [1.807, 2.05) is 43.3 Å². The number of hydrogen-bond donors (Lipinski definition) is 0. The summed E-state index contributed by atoms with van der Waals surface area (Å²) in [5.74, 6) is -2.44. The molecular weight excluding hydrogens is 356 g/mol. The highest BCUT2D eigenvalue weighted by molar-refractivity contribution is 7.22. The highest BCUT2D eigenvalue weighted by Gasteiger charge is 2.26. The molecule has 26 heavy (non-hydrogen) atoms. The van der Waals surface area contributed by atoms with Crippen LogP contribution in [0.4, 0.5) is 13.9 Å². The van der Waals surface area contributed by atoms with E-state index in [0.717, 1.165) is 28.9 Å². The Morgan fingerprint density at radius 2 is 1.73 bits per heavy atom. The highest BCUT2D eigenvalue weighted by atomic mass is 32.1. The highest BCUT2D eigenvalue weighted by Crippen LogP contribution is 2.30. The van der Waals surface area contributed by atoms with Crippen molar-refractivity contribution in [1.82, 2.24) is 9.88 Å². The van der Waals surface area contributed by atoms with Crippen LogP contribution in [0.1, 0.15) is 16.8 Å². The first-order valence-corrected chi connectivity index (χ1v) is 9.05. The molecule has 1 amide bonds. The molecule has 2 aromatic carbocycles. The number of carbonyl (C=O) groups excluding carboxylic acids is 1. The van der Waals surface area contributed by atoms with Gasteiger partial charge in [0.1, 0.15) is 17.2 Å². The van der Waals surface area contributed by atoms with Crippen molar-refractivity contribution in [3.8, 4) is 0 Å². The number of fused-ring (bicyclic) bond motifs is 1. The molecule has 0 fully saturated rings. The van der Waals surface area contributed by atoms with Crippen molar-refractivity contribution in [1.29, 1.82) is 0 Å². The second-order valence-electron chi connectivity index (χ2n) is 6.17. The van der Waals surface area contributed by atoms with E-state index >= 15 is 0 Å². The van der Waals surface area contributed by atoms with Gasteiger partial charge in [-0.3, -0.25) is 9.69 Å². The van der Waals surface area contributed by atoms with Crippen LogP contribution >= 0.6 is 11.3 Å². The van der Waals surface area contributed by atoms with E-state index in [0.29, 0.717) is 18.1 Å². The summed E-state index contributed by atoms with van der Waals surface area (Å²) in [6.45, 7) is 1.07. The van der Waals surface area contributed by atoms with Gasteiger partial charge >= 0.3 is 0 Å². The maximum Gasteiger partial charge on any atom is 0.266 e. The zero-order valence-electron chi connectivity index (χ0n) is 14.6. The summed E-state index contributed by atoms with van der Waals surface area (Å²) in [6.07, 6.45) is 0.657. The van der Waals surface area contributed by atoms with Crippen molar-refractivity contribution in [2.45, 2.75) is 6.42 Å². The fourth-order valence-corrected chi connectivity index (χ4v) is 3.63. The molecule has 3 aromatic rings. The average Bonchev–Trinajstić information content (AvgIpc) is 3.01. The van der Waals surface area contributed by atoms with Crippen LogP contribution in [0.15, 0.2) is 42.5 Å². The molecule has 0 saturated carbocycles. The molecule has 0 aliphatic heterocycles. The number of rotatable bonds is 6. The monoisotopic (exact) mass is 375 g/mol. The molecule has 0 radical (unpaired) electrons. The minimum atomic E-state index is -0.867. The fourth-order valence-electron chi connectivity index (χ4n) is 2.64. The number of hydrogen-bond acceptors (Lipinski definition) is 4. The number of anilines is 1. The summed E-state index contributed by atoms with van der Waals surface area (Å²) in [4.78, 5) is 20.8. The average molecular weight is 375 g/mol. The van der Waals surface area contributed by atoms with E-state index < -0.39 is 23.1 Å². The van der Waals surface area contributed by atoms with E-state index in [4.69, 9.17) is 0 Å². The Balaban J connectivity index is 1.98. The Morgan fingerprint density at radius 1 is 1.04 bits per heavy atom. The second-order valence-corrected chi connectivity index (χ2v) is 7.18. The molecule has 0 spiro atoms. The number of aromatic nitrogens is 1. The lowest BCUT2D eigenvalue weighted by molar-refractivity contribution is 0.0978. The first-order valence-electron chi connectivity index (χ1n) is 8.23. The van der Waals surface area contributed by atoms with Crippen LogP contribution in [-0.4, -0.2) is 43.0 Å². The van der Waals surface area contributed by atoms with E-state index in [-0.39, 0.29) is 0 Å². The number of para-hydroxylation sites is 1. The Bertz CT molecular complexity index is 873. The van der Waals surface area contributed by atoms with E-state index in [1.165, 1.54) is 22.3 Å². The van der Waals surface area contributed by atoms with Crippen LogP contribution < -0.4 is 4.90 Å². The number of thiazole rings is 1. The van der Waals surface area contributed by atoms with E-state index in [1.54, 1.807) is 0 Å². The predicted octanol–water partition coefficient (Wildman–Crippen LogP) is 4.17. The van der Waals surface area contributed by atoms with Gasteiger partial charge < -0.3 is 4.90 Å². The third-order valence-electron chi connectivity index (χ3n) is 3.92. The minimum absolute atomic E-state index is 0.324. The van der Waals surface area contributed by atoms with Gasteiger partial charge in [-0.15, -0.1) is 0 Å². The van der Waals surface area contributed by atoms with Gasteiger partial charge in [0.2, 0.25) is 0 Å². The van der Waals surface area contributed by atoms with Gasteiger partial charge in [0.25, 0.3) is 5.91 Å². The van der Waals surface area contributed by atoms with Crippen molar-refractivity contribution < 1.29 is 13.6 Å². The van der Waals surface area contributed by atoms with Crippen LogP contribution in [-0.2, 0) is 0 Å². The van der Waals surface area contributed by atoms with Crippen molar-refractivity contribution >= 4 is 32.6 Å². The van der Waals surface area contributed by atoms with Gasteiger partial charge in [0.15, 0.2) is 5.13 Å². The van der Waals surface area contributed by atoms with Crippen LogP contribution in [0, 0.1) is 11.6 Å². The van der Waals surface area contributed by atoms with Crippen molar-refractivity contribution in [2.75, 3.05) is 32.1 Å². The zero-order chi connectivity index (χ0) is 18.7. The van der Waals surface area contributed by atoms with E-state index in [9.17, 15) is 13.6 Å². The number of benzene rings is 2. The van der Waals surface area contributed by atoms with Gasteiger partial charge in [0, 0.05) is 6.54 Å². The minimum Gasteiger partial charge on any atom is -0.309 e. The topological polar surface area (TPSA) is 36.4 Å². The Morgan fingerprint density at radius 3 is 2.38 bits per heavy atom. The van der Waals surface area contributed by atoms with Crippen LogP contribution in [0.25, 0.3) is 10.2 Å². The Labute approximate surface area is 154 Å². The van der Waals surface area contributed by atoms with Crippen molar-refractivity contribution in [3.05, 3.63) is 59.7 Å². The summed E-state index contributed by atoms with van der Waals surface area (Å²) in [6, 6.07) is 10.9. The number of halogens is 2. The maximum absolute atomic E-state index is 14.1. The molecule has 1 heterocycles. The van der Waals surface area contributed by atoms with Crippen molar-refractivity contribution in [3.63, 3.8) is 0 Å². The molecule has 1 aromatic heterocycles. The molecule has 4 nitrogen and oxygen atoms in total. The van der Waals surface area contributed by atoms with E-state index in [2.05, 4.69) is 4.98 Å². The molecular formula is C19H19F2N3OS. The summed E-state index contributed by atoms with van der Waals surface area (Å²) in [7, 11) is 3.86. The van der Waals surface area contributed by atoms with Crippen LogP contribution in [0.5, 0.6) is 0 Å². The molecule has 0 N–H and O–H groups in total. The second kappa shape index (κ2) is 7.88. The normalized spacial score (nSPS) is 11.3. The number of carbonyl (C=O) groups is 1. The molecule has 0 bridgehead atoms. The summed E-state index contributed by atoms with van der Waals surface area (Å²) in [5.41, 5.74) is 0.212. The summed E-state index contributed by atoms with van der Waals surface area (Å²) < 4.78 is 29.2. The van der Waals surface area contributed by atoms with Crippen molar-refractivity contribution in [2.24, 2.45) is 0 Å². The van der Waals surface area contributed by atoms with Gasteiger partial charge in [0.05, 0.1) is 10.2 Å². The molecule has 136 valence electrons. The molecule has 0 aliphatic carbocycles. The lowest BCUT2D eigenvalue weighted by Crippen LogP contribution is -2.34. The fraction of sp³-hybridized carbons (Fsp3) is 0.263. The third kappa shape index (κ3) is 3.89. The first kappa shape index (κ1) is 18.4. The molecule has 0 aliphatic rings. The molecule has 0 atom stereocenters.